The molecule has 0 saturated carbocycles. The van der Waals surface area contributed by atoms with Crippen LogP contribution in [-0.2, 0) is 19.1 Å². The summed E-state index contributed by atoms with van der Waals surface area (Å²) in [6, 6.07) is 14.1. The van der Waals surface area contributed by atoms with Gasteiger partial charge in [0.2, 0.25) is 5.91 Å². The largest absolute Gasteiger partial charge is 0.737 e. The van der Waals surface area contributed by atoms with E-state index in [2.05, 4.69) is 36.2 Å². The minimum atomic E-state index is -4.13. The Morgan fingerprint density at radius 3 is 2.48 bits per heavy atom. The lowest BCUT2D eigenvalue weighted by atomic mass is 9.90. The summed E-state index contributed by atoms with van der Waals surface area (Å²) >= 11 is 1.43. The Morgan fingerprint density at radius 1 is 0.909 bits per heavy atom. The predicted molar refractivity (Wildman–Crippen MR) is 247 cm³/mol. The second kappa shape index (κ2) is 20.7. The Kier molecular flexibility index (Phi) is 14.5. The highest BCUT2D eigenvalue weighted by Gasteiger charge is 2.52. The first-order valence-electron chi connectivity index (χ1n) is 22.0. The maximum atomic E-state index is 16.1. The van der Waals surface area contributed by atoms with E-state index in [1.165, 1.54) is 28.6 Å². The van der Waals surface area contributed by atoms with E-state index in [1.54, 1.807) is 73.7 Å². The summed E-state index contributed by atoms with van der Waals surface area (Å²) < 4.78 is 47.3. The molecule has 3 aliphatic heterocycles. The van der Waals surface area contributed by atoms with E-state index in [-0.39, 0.29) is 18.4 Å². The quantitative estimate of drug-likeness (QED) is 0.0451. The second-order valence-electron chi connectivity index (χ2n) is 16.0. The molecule has 4 atom stereocenters. The minimum Gasteiger partial charge on any atom is -0.484 e. The van der Waals surface area contributed by atoms with Gasteiger partial charge >= 0.3 is 6.97 Å². The van der Waals surface area contributed by atoms with Crippen LogP contribution in [0.25, 0.3) is 29.4 Å². The van der Waals surface area contributed by atoms with Crippen LogP contribution >= 0.6 is 11.3 Å². The number of likely N-dealkylation sites (N-methyl/N-ethyl adjacent to an activating group) is 1. The number of nitrogens with zero attached hydrogens (tertiary/aromatic N) is 6. The number of allylic oxidation sites excluding steroid dienone is 2. The number of hydrogen-bond acceptors (Lipinski definition) is 12. The van der Waals surface area contributed by atoms with Gasteiger partial charge in [0.15, 0.2) is 47.3 Å². The van der Waals surface area contributed by atoms with Crippen LogP contribution in [-0.4, -0.2) is 120 Å². The normalized spacial score (nSPS) is 19.5. The highest BCUT2D eigenvalue weighted by Crippen LogP contribution is 2.35. The fourth-order valence-electron chi connectivity index (χ4n) is 8.11. The zero-order valence-electron chi connectivity index (χ0n) is 36.2. The summed E-state index contributed by atoms with van der Waals surface area (Å²) in [6.07, 6.45) is 10.4. The Hall–Kier alpha value is -6.55. The van der Waals surface area contributed by atoms with Gasteiger partial charge in [-0.1, -0.05) is 30.7 Å². The number of halogens is 2. The molecule has 0 radical (unpaired) electrons. The van der Waals surface area contributed by atoms with Crippen molar-refractivity contribution in [3.8, 4) is 5.75 Å². The van der Waals surface area contributed by atoms with Gasteiger partial charge in [0.05, 0.1) is 11.2 Å². The average molecular weight is 925 g/mol. The summed E-state index contributed by atoms with van der Waals surface area (Å²) in [5.41, 5.74) is 3.37. The van der Waals surface area contributed by atoms with Crippen molar-refractivity contribution in [2.75, 3.05) is 38.1 Å². The van der Waals surface area contributed by atoms with Crippen LogP contribution in [0.1, 0.15) is 73.5 Å². The van der Waals surface area contributed by atoms with Crippen molar-refractivity contribution in [3.05, 3.63) is 106 Å². The van der Waals surface area contributed by atoms with Gasteiger partial charge < -0.3 is 58.5 Å². The van der Waals surface area contributed by atoms with Gasteiger partial charge in [0, 0.05) is 62.2 Å². The lowest BCUT2D eigenvalue weighted by Gasteiger charge is -2.30. The number of unbranched alkanes of at least 4 members (excludes halogenated alkanes) is 3. The Morgan fingerprint density at radius 2 is 1.70 bits per heavy atom. The number of carbonyl (C=O) groups excluding carboxylic acids is 3. The molecule has 0 unspecified atom stereocenters. The molecule has 66 heavy (non-hydrogen) atoms. The molecule has 346 valence electrons. The lowest BCUT2D eigenvalue weighted by molar-refractivity contribution is -0.360. The monoisotopic (exact) mass is 924 g/mol. The smallest absolute Gasteiger partial charge is 0.484 e. The summed E-state index contributed by atoms with van der Waals surface area (Å²) in [5, 5.41) is 34.5. The molecule has 0 spiro atoms. The van der Waals surface area contributed by atoms with Crippen molar-refractivity contribution in [3.63, 3.8) is 0 Å². The van der Waals surface area contributed by atoms with Crippen LogP contribution in [0.3, 0.4) is 0 Å². The number of aliphatic hydroxyl groups excluding tert-OH is 2. The Labute approximate surface area is 383 Å². The van der Waals surface area contributed by atoms with Crippen molar-refractivity contribution in [2.24, 2.45) is 0 Å². The average Bonchev–Trinajstić information content (AvgIpc) is 4.17. The first kappa shape index (κ1) is 46.0. The molecule has 1 aromatic carbocycles. The van der Waals surface area contributed by atoms with Crippen molar-refractivity contribution in [1.82, 2.24) is 39.9 Å². The Balaban J connectivity index is 0.678. The van der Waals surface area contributed by atoms with Crippen molar-refractivity contribution < 1.29 is 47.2 Å². The third-order valence-corrected chi connectivity index (χ3v) is 12.3. The molecule has 21 heteroatoms. The number of rotatable bonds is 21. The molecule has 1 saturated heterocycles. The van der Waals surface area contributed by atoms with E-state index in [4.69, 9.17) is 9.47 Å². The number of hydrogen-bond donors (Lipinski definition) is 6. The lowest BCUT2D eigenvalue weighted by Crippen LogP contribution is -2.50. The van der Waals surface area contributed by atoms with Gasteiger partial charge in [-0.25, -0.2) is 15.0 Å². The topological polar surface area (TPSA) is 210 Å². The molecule has 8 rings (SSSR count). The van der Waals surface area contributed by atoms with Gasteiger partial charge in [-0.15, -0.1) is 11.3 Å². The SMILES string of the molecule is CCNC(=O)[C@H]1O[C@@H](n2cnc3c(NCCCCNC(=O)CCCCCNC(=O)COc4ccc(/C=C/c5ccc6n5[B-](F)(F)[N+]5=C(c7cccs7)C=CC5=C6)cc4)ncnc32)[C@H](O)[C@@H]1O. The summed E-state index contributed by atoms with van der Waals surface area (Å²) in [5.74, 6) is 0.157. The molecular weight excluding hydrogens is 873 g/mol. The van der Waals surface area contributed by atoms with Crippen molar-refractivity contribution in [2.45, 2.75) is 70.0 Å². The van der Waals surface area contributed by atoms with E-state index in [9.17, 15) is 24.6 Å². The standard InChI is InChI=1S/C45H51BF2N10O7S/c1-2-49-44(63)41-39(61)40(62)45(65-41)56-28-55-38-42(53-27-54-43(38)56)52-23-7-6-22-50-36(59)10-4-3-5-21-51-37(60)26-64-33-18-12-29(13-19-33)11-14-30-15-16-31-25-32-17-20-34(35-9-8-24-66-35)58(32)46(47,48)57(30)31/h8-9,11-20,24-25,27-28,39-41,45,61-62H,2-7,10,21-23,26H2,1H3,(H,49,63)(H,50,59)(H,51,60)(H,52,53,54)/b14-11+/t39-,40+,41-,45+/m0/s1. The van der Waals surface area contributed by atoms with Gasteiger partial charge in [-0.2, -0.15) is 0 Å². The van der Waals surface area contributed by atoms with Gasteiger partial charge in [0.1, 0.15) is 24.3 Å². The van der Waals surface area contributed by atoms with Gasteiger partial charge in [0.25, 0.3) is 11.8 Å². The molecule has 6 N–H and O–H groups in total. The number of anilines is 1. The van der Waals surface area contributed by atoms with E-state index in [0.29, 0.717) is 91.0 Å². The highest BCUT2D eigenvalue weighted by atomic mass is 32.1. The molecule has 1 fully saturated rings. The zero-order valence-corrected chi connectivity index (χ0v) is 37.0. The third-order valence-electron chi connectivity index (χ3n) is 11.4. The van der Waals surface area contributed by atoms with Crippen molar-refractivity contribution >= 4 is 76.9 Å². The number of benzene rings is 1. The Bertz CT molecular complexity index is 2670. The van der Waals surface area contributed by atoms with Crippen LogP contribution in [0.2, 0.25) is 0 Å². The predicted octanol–water partition coefficient (Wildman–Crippen LogP) is 4.33. The third kappa shape index (κ3) is 10.1. The zero-order chi connectivity index (χ0) is 46.2. The number of imidazole rings is 1. The minimum absolute atomic E-state index is 0.0370. The molecule has 3 amide bonds. The van der Waals surface area contributed by atoms with E-state index < -0.39 is 37.4 Å². The molecule has 4 aromatic heterocycles. The fraction of sp³-hybridized carbons (Fsp3) is 0.356. The number of fused-ring (bicyclic) bond motifs is 3. The number of thiophene rings is 1. The van der Waals surface area contributed by atoms with Crippen LogP contribution < -0.4 is 26.0 Å². The molecule has 5 aromatic rings. The van der Waals surface area contributed by atoms with Gasteiger partial charge in [-0.05, 0) is 80.0 Å². The van der Waals surface area contributed by atoms with Crippen LogP contribution in [0, 0.1) is 0 Å². The van der Waals surface area contributed by atoms with E-state index in [0.717, 1.165) is 38.7 Å². The number of aliphatic hydroxyl groups is 2. The van der Waals surface area contributed by atoms with Crippen molar-refractivity contribution in [1.29, 1.82) is 0 Å². The van der Waals surface area contributed by atoms with E-state index in [1.807, 2.05) is 17.5 Å². The number of ether oxygens (including phenoxy) is 2. The van der Waals surface area contributed by atoms with Crippen LogP contribution in [0.15, 0.2) is 84.4 Å². The molecule has 0 bridgehead atoms. The summed E-state index contributed by atoms with van der Waals surface area (Å²) in [4.78, 5) is 50.8. The number of carbonyl (C=O) groups is 3. The molecular formula is C45H51BF2N10O7S. The highest BCUT2D eigenvalue weighted by molar-refractivity contribution is 7.12. The molecule has 7 heterocycles. The first-order chi connectivity index (χ1) is 32.0. The molecule has 3 aliphatic rings. The van der Waals surface area contributed by atoms with Crippen LogP contribution in [0.5, 0.6) is 5.75 Å². The summed E-state index contributed by atoms with van der Waals surface area (Å²) in [6.45, 7) is -0.674. The van der Waals surface area contributed by atoms with E-state index >= 15 is 8.63 Å². The van der Waals surface area contributed by atoms with Gasteiger partial charge in [-0.3, -0.25) is 19.0 Å². The maximum Gasteiger partial charge on any atom is 0.737 e. The number of amides is 3. The number of aromatic nitrogens is 5. The summed E-state index contributed by atoms with van der Waals surface area (Å²) in [7, 11) is 0. The second-order valence-corrected chi connectivity index (χ2v) is 16.9. The first-order valence-corrected chi connectivity index (χ1v) is 22.9. The van der Waals surface area contributed by atoms with Crippen LogP contribution in [0.4, 0.5) is 14.4 Å². The molecule has 0 aliphatic carbocycles. The maximum absolute atomic E-state index is 16.1. The molecule has 17 nitrogen and oxygen atoms in total. The number of nitrogens with one attached hydrogen (secondary N) is 4. The fourth-order valence-corrected chi connectivity index (χ4v) is 8.85.